The Kier molecular flexibility index (Phi) is 8.11. The van der Waals surface area contributed by atoms with Crippen molar-refractivity contribution < 1.29 is 43.5 Å². The van der Waals surface area contributed by atoms with Crippen LogP contribution in [-0.4, -0.2) is 62.8 Å². The first-order chi connectivity index (χ1) is 14.0. The molecule has 9 heteroatoms. The van der Waals surface area contributed by atoms with Gasteiger partial charge < -0.3 is 33.9 Å². The lowest BCUT2D eigenvalue weighted by Gasteiger charge is -2.09. The van der Waals surface area contributed by atoms with Crippen molar-refractivity contribution >= 4 is 11.9 Å². The van der Waals surface area contributed by atoms with E-state index in [1.165, 1.54) is 50.6 Å². The Morgan fingerprint density at radius 2 is 1.14 bits per heavy atom. The second-order valence-corrected chi connectivity index (χ2v) is 5.66. The highest BCUT2D eigenvalue weighted by Crippen LogP contribution is 2.27. The minimum absolute atomic E-state index is 0.00509. The smallest absolute Gasteiger partial charge is 0.338 e. The summed E-state index contributed by atoms with van der Waals surface area (Å²) in [4.78, 5) is 23.8. The molecule has 0 atom stereocenters. The van der Waals surface area contributed by atoms with Crippen LogP contribution in [0.1, 0.15) is 20.7 Å². The summed E-state index contributed by atoms with van der Waals surface area (Å²) in [5.74, 6) is -0.980. The molecule has 0 saturated carbocycles. The van der Waals surface area contributed by atoms with Crippen molar-refractivity contribution in [1.29, 1.82) is 0 Å². The van der Waals surface area contributed by atoms with Crippen molar-refractivity contribution in [1.82, 2.24) is 0 Å². The van der Waals surface area contributed by atoms with Crippen LogP contribution in [0, 0.1) is 0 Å². The molecule has 0 unspecified atom stereocenters. The van der Waals surface area contributed by atoms with Crippen LogP contribution in [0.15, 0.2) is 36.4 Å². The molecule has 0 aliphatic heterocycles. The first-order valence-electron chi connectivity index (χ1n) is 8.62. The largest absolute Gasteiger partial charge is 0.504 e. The zero-order valence-corrected chi connectivity index (χ0v) is 16.0. The van der Waals surface area contributed by atoms with Gasteiger partial charge in [-0.2, -0.15) is 0 Å². The van der Waals surface area contributed by atoms with E-state index in [1.54, 1.807) is 0 Å². The van der Waals surface area contributed by atoms with Crippen molar-refractivity contribution in [2.75, 3.05) is 40.6 Å². The van der Waals surface area contributed by atoms with Crippen LogP contribution in [0.5, 0.6) is 23.0 Å². The van der Waals surface area contributed by atoms with Gasteiger partial charge in [0.15, 0.2) is 23.0 Å². The molecule has 0 spiro atoms. The van der Waals surface area contributed by atoms with E-state index in [-0.39, 0.29) is 60.6 Å². The molecule has 0 aromatic heterocycles. The molecule has 0 heterocycles. The van der Waals surface area contributed by atoms with Gasteiger partial charge in [0.25, 0.3) is 0 Å². The number of rotatable bonds is 10. The monoisotopic (exact) mass is 406 g/mol. The number of carbonyl (C=O) groups is 2. The number of methoxy groups -OCH3 is 2. The predicted molar refractivity (Wildman–Crippen MR) is 101 cm³/mol. The number of ether oxygens (including phenoxy) is 5. The lowest BCUT2D eigenvalue weighted by Crippen LogP contribution is -2.15. The van der Waals surface area contributed by atoms with Crippen LogP contribution in [0.4, 0.5) is 0 Å². The number of phenolic OH excluding ortho intramolecular Hbond substituents is 2. The van der Waals surface area contributed by atoms with E-state index >= 15 is 0 Å². The number of phenols is 2. The van der Waals surface area contributed by atoms with Gasteiger partial charge in [0, 0.05) is 0 Å². The van der Waals surface area contributed by atoms with Crippen molar-refractivity contribution in [3.05, 3.63) is 47.5 Å². The van der Waals surface area contributed by atoms with E-state index in [4.69, 9.17) is 23.7 Å². The molecular formula is C20H22O9. The van der Waals surface area contributed by atoms with Crippen LogP contribution in [0.2, 0.25) is 0 Å². The highest BCUT2D eigenvalue weighted by Gasteiger charge is 2.12. The number of hydrogen-bond donors (Lipinski definition) is 2. The van der Waals surface area contributed by atoms with Gasteiger partial charge in [-0.15, -0.1) is 0 Å². The summed E-state index contributed by atoms with van der Waals surface area (Å²) in [5, 5.41) is 19.0. The van der Waals surface area contributed by atoms with Gasteiger partial charge >= 0.3 is 11.9 Å². The van der Waals surface area contributed by atoms with Crippen molar-refractivity contribution in [2.45, 2.75) is 0 Å². The van der Waals surface area contributed by atoms with Gasteiger partial charge in [-0.05, 0) is 36.4 Å². The van der Waals surface area contributed by atoms with Gasteiger partial charge in [-0.1, -0.05) is 0 Å². The maximum Gasteiger partial charge on any atom is 0.338 e. The van der Waals surface area contributed by atoms with Gasteiger partial charge in [0.1, 0.15) is 13.2 Å². The average Bonchev–Trinajstić information content (AvgIpc) is 2.73. The highest BCUT2D eigenvalue weighted by molar-refractivity contribution is 5.90. The van der Waals surface area contributed by atoms with Crippen LogP contribution in [0.25, 0.3) is 0 Å². The lowest BCUT2D eigenvalue weighted by atomic mass is 10.2. The van der Waals surface area contributed by atoms with Crippen LogP contribution in [0.3, 0.4) is 0 Å². The van der Waals surface area contributed by atoms with Gasteiger partial charge in [-0.25, -0.2) is 9.59 Å². The van der Waals surface area contributed by atoms with E-state index in [2.05, 4.69) is 0 Å². The molecule has 2 aromatic rings. The number of carbonyl (C=O) groups excluding carboxylic acids is 2. The number of benzene rings is 2. The van der Waals surface area contributed by atoms with Gasteiger partial charge in [0.05, 0.1) is 38.6 Å². The molecule has 0 aliphatic rings. The van der Waals surface area contributed by atoms with Crippen molar-refractivity contribution in [2.24, 2.45) is 0 Å². The van der Waals surface area contributed by atoms with E-state index in [0.29, 0.717) is 0 Å². The van der Waals surface area contributed by atoms with Crippen LogP contribution in [-0.2, 0) is 14.2 Å². The zero-order valence-electron chi connectivity index (χ0n) is 16.0. The fourth-order valence-corrected chi connectivity index (χ4v) is 2.26. The number of esters is 2. The van der Waals surface area contributed by atoms with E-state index < -0.39 is 11.9 Å². The Hall–Kier alpha value is -3.46. The first-order valence-corrected chi connectivity index (χ1v) is 8.62. The minimum atomic E-state index is -0.584. The predicted octanol–water partition coefficient (Wildman–Crippen LogP) is 2.15. The molecule has 0 saturated heterocycles. The van der Waals surface area contributed by atoms with Crippen molar-refractivity contribution in [3.8, 4) is 23.0 Å². The second-order valence-electron chi connectivity index (χ2n) is 5.66. The lowest BCUT2D eigenvalue weighted by molar-refractivity contribution is 0.0151. The third kappa shape index (κ3) is 6.28. The summed E-state index contributed by atoms with van der Waals surface area (Å²) >= 11 is 0. The van der Waals surface area contributed by atoms with Gasteiger partial charge in [-0.3, -0.25) is 0 Å². The van der Waals surface area contributed by atoms with Crippen molar-refractivity contribution in [3.63, 3.8) is 0 Å². The normalized spacial score (nSPS) is 10.3. The molecule has 2 rings (SSSR count). The fraction of sp³-hybridized carbons (Fsp3) is 0.300. The molecule has 29 heavy (non-hydrogen) atoms. The second kappa shape index (κ2) is 10.8. The molecule has 9 nitrogen and oxygen atoms in total. The number of aromatic hydroxyl groups is 2. The Morgan fingerprint density at radius 1 is 0.724 bits per heavy atom. The zero-order chi connectivity index (χ0) is 21.2. The molecular weight excluding hydrogens is 384 g/mol. The minimum Gasteiger partial charge on any atom is -0.504 e. The van der Waals surface area contributed by atoms with E-state index in [0.717, 1.165) is 0 Å². The van der Waals surface area contributed by atoms with E-state index in [9.17, 15) is 19.8 Å². The summed E-state index contributed by atoms with van der Waals surface area (Å²) < 4.78 is 25.2. The Labute approximate surface area is 167 Å². The average molecular weight is 406 g/mol. The highest BCUT2D eigenvalue weighted by atomic mass is 16.6. The Morgan fingerprint density at radius 3 is 1.52 bits per heavy atom. The summed E-state index contributed by atoms with van der Waals surface area (Å²) in [5.41, 5.74) is 0.468. The molecule has 0 bridgehead atoms. The van der Waals surface area contributed by atoms with Gasteiger partial charge in [0.2, 0.25) is 0 Å². The maximum absolute atomic E-state index is 11.9. The van der Waals surface area contributed by atoms with Crippen LogP contribution < -0.4 is 9.47 Å². The quantitative estimate of drug-likeness (QED) is 0.451. The molecule has 0 fully saturated rings. The Balaban J connectivity index is 1.65. The topological polar surface area (TPSA) is 121 Å². The molecule has 2 N–H and O–H groups in total. The number of hydrogen-bond acceptors (Lipinski definition) is 9. The van der Waals surface area contributed by atoms with E-state index in [1.807, 2.05) is 0 Å². The fourth-order valence-electron chi connectivity index (χ4n) is 2.26. The standard InChI is InChI=1S/C20H22O9/c1-25-17-11-13(3-5-15(17)21)19(23)28-9-7-27-8-10-29-20(24)14-4-6-16(22)18(12-14)26-2/h3-6,11-12,21-22H,7-10H2,1-2H3. The third-order valence-electron chi connectivity index (χ3n) is 3.75. The SMILES string of the molecule is COc1cc(C(=O)OCCOCCOC(=O)c2ccc(O)c(OC)c2)ccc1O. The first kappa shape index (κ1) is 21.8. The summed E-state index contributed by atoms with van der Waals surface area (Å²) in [6.45, 7) is 0.243. The maximum atomic E-state index is 11.9. The summed E-state index contributed by atoms with van der Waals surface area (Å²) in [6, 6.07) is 8.25. The summed E-state index contributed by atoms with van der Waals surface area (Å²) in [6.07, 6.45) is 0. The molecule has 156 valence electrons. The van der Waals surface area contributed by atoms with Crippen LogP contribution >= 0.6 is 0 Å². The third-order valence-corrected chi connectivity index (χ3v) is 3.75. The molecule has 2 aromatic carbocycles. The molecule has 0 radical (unpaired) electrons. The molecule has 0 aliphatic carbocycles. The Bertz CT molecular complexity index is 778. The molecule has 0 amide bonds. The summed E-state index contributed by atoms with van der Waals surface area (Å²) in [7, 11) is 2.76.